The van der Waals surface area contributed by atoms with Crippen molar-refractivity contribution in [3.05, 3.63) is 66.1 Å². The van der Waals surface area contributed by atoms with Crippen LogP contribution in [0.2, 0.25) is 0 Å². The molecule has 140 valence electrons. The van der Waals surface area contributed by atoms with Crippen LogP contribution in [-0.2, 0) is 11.4 Å². The molecule has 3 aromatic rings. The minimum absolute atomic E-state index is 0.0541. The lowest BCUT2D eigenvalue weighted by Crippen LogP contribution is -2.03. The lowest BCUT2D eigenvalue weighted by atomic mass is 10.2. The molecule has 0 radical (unpaired) electrons. The molecule has 0 fully saturated rings. The number of ether oxygens (including phenoxy) is 2. The second-order valence-corrected chi connectivity index (χ2v) is 5.31. The first-order valence-corrected chi connectivity index (χ1v) is 7.93. The van der Waals surface area contributed by atoms with E-state index in [0.717, 1.165) is 5.56 Å². The van der Waals surface area contributed by atoms with Gasteiger partial charge in [0, 0.05) is 11.1 Å². The lowest BCUT2D eigenvalue weighted by Gasteiger charge is -2.09. The molecule has 1 aromatic heterocycles. The Bertz CT molecular complexity index is 898. The van der Waals surface area contributed by atoms with Crippen LogP contribution in [0.1, 0.15) is 11.3 Å². The minimum atomic E-state index is -2.93. The second kappa shape index (κ2) is 8.79. The maximum absolute atomic E-state index is 12.3. The summed E-state index contributed by atoms with van der Waals surface area (Å²) in [6.45, 7) is -2.80. The lowest BCUT2D eigenvalue weighted by molar-refractivity contribution is -0.0512. The Morgan fingerprint density at radius 3 is 2.70 bits per heavy atom. The van der Waals surface area contributed by atoms with Gasteiger partial charge in [-0.15, -0.1) is 0 Å². The third-order valence-corrected chi connectivity index (χ3v) is 3.46. The summed E-state index contributed by atoms with van der Waals surface area (Å²) in [6, 6.07) is 13.9. The Balaban J connectivity index is 1.57. The molecular weight excluding hydrogens is 358 g/mol. The van der Waals surface area contributed by atoms with Crippen molar-refractivity contribution in [3.63, 3.8) is 0 Å². The molecule has 0 amide bonds. The van der Waals surface area contributed by atoms with Gasteiger partial charge >= 0.3 is 6.61 Å². The number of rotatable bonds is 8. The molecular formula is C19H16F2N2O4. The molecule has 3 rings (SSSR count). The van der Waals surface area contributed by atoms with Gasteiger partial charge in [-0.05, 0) is 30.3 Å². The number of alkyl halides is 2. The van der Waals surface area contributed by atoms with Crippen molar-refractivity contribution in [3.8, 4) is 23.0 Å². The van der Waals surface area contributed by atoms with Crippen LogP contribution < -0.4 is 9.47 Å². The van der Waals surface area contributed by atoms with E-state index in [1.165, 1.54) is 31.7 Å². The van der Waals surface area contributed by atoms with Gasteiger partial charge in [0.1, 0.15) is 12.0 Å². The molecule has 0 unspecified atom stereocenters. The van der Waals surface area contributed by atoms with E-state index >= 15 is 0 Å². The van der Waals surface area contributed by atoms with Crippen LogP contribution in [0.5, 0.6) is 11.5 Å². The number of hydrogen-bond donors (Lipinski definition) is 0. The second-order valence-electron chi connectivity index (χ2n) is 5.31. The van der Waals surface area contributed by atoms with Crippen LogP contribution in [0.25, 0.3) is 11.5 Å². The van der Waals surface area contributed by atoms with Gasteiger partial charge in [0.15, 0.2) is 18.1 Å². The first kappa shape index (κ1) is 18.4. The summed E-state index contributed by atoms with van der Waals surface area (Å²) in [6.07, 6.45) is 2.92. The molecule has 0 aliphatic rings. The molecule has 0 saturated carbocycles. The predicted molar refractivity (Wildman–Crippen MR) is 93.9 cm³/mol. The monoisotopic (exact) mass is 374 g/mol. The van der Waals surface area contributed by atoms with Gasteiger partial charge < -0.3 is 18.7 Å². The fraction of sp³-hybridized carbons (Fsp3) is 0.158. The molecule has 0 bridgehead atoms. The number of hydrogen-bond acceptors (Lipinski definition) is 6. The standard InChI is InChI=1S/C19H16F2N2O4/c1-24-17-9-13(7-8-16(17)27-19(20)21)10-22-26-12-15-11-25-18(23-15)14-5-3-2-4-6-14/h2-11,19H,12H2,1H3/b22-10-. The van der Waals surface area contributed by atoms with Crippen LogP contribution in [-0.4, -0.2) is 24.9 Å². The van der Waals surface area contributed by atoms with Gasteiger partial charge in [-0.3, -0.25) is 0 Å². The molecule has 0 aliphatic carbocycles. The van der Waals surface area contributed by atoms with E-state index in [0.29, 0.717) is 17.1 Å². The summed E-state index contributed by atoms with van der Waals surface area (Å²) in [4.78, 5) is 9.51. The highest BCUT2D eigenvalue weighted by Gasteiger charge is 2.10. The fourth-order valence-corrected chi connectivity index (χ4v) is 2.25. The zero-order valence-electron chi connectivity index (χ0n) is 14.3. The molecule has 0 aliphatic heterocycles. The third-order valence-electron chi connectivity index (χ3n) is 3.46. The van der Waals surface area contributed by atoms with Crippen LogP contribution in [0.15, 0.2) is 64.4 Å². The van der Waals surface area contributed by atoms with Crippen molar-refractivity contribution < 1.29 is 27.5 Å². The number of benzene rings is 2. The number of methoxy groups -OCH3 is 1. The summed E-state index contributed by atoms with van der Waals surface area (Å²) in [7, 11) is 1.36. The van der Waals surface area contributed by atoms with E-state index in [4.69, 9.17) is 14.0 Å². The molecule has 0 N–H and O–H groups in total. The molecule has 0 spiro atoms. The van der Waals surface area contributed by atoms with Gasteiger partial charge in [-0.1, -0.05) is 23.4 Å². The van der Waals surface area contributed by atoms with Gasteiger partial charge in [-0.25, -0.2) is 4.98 Å². The van der Waals surface area contributed by atoms with Crippen LogP contribution >= 0.6 is 0 Å². The highest BCUT2D eigenvalue weighted by Crippen LogP contribution is 2.29. The van der Waals surface area contributed by atoms with E-state index in [1.54, 1.807) is 6.07 Å². The minimum Gasteiger partial charge on any atom is -0.493 e. The van der Waals surface area contributed by atoms with Crippen molar-refractivity contribution in [1.82, 2.24) is 4.98 Å². The SMILES string of the molecule is COc1cc(/C=N\OCc2coc(-c3ccccc3)n2)ccc1OC(F)F. The molecule has 6 nitrogen and oxygen atoms in total. The number of halogens is 2. The molecule has 0 saturated heterocycles. The van der Waals surface area contributed by atoms with Gasteiger partial charge in [-0.2, -0.15) is 8.78 Å². The largest absolute Gasteiger partial charge is 0.493 e. The van der Waals surface area contributed by atoms with Gasteiger partial charge in [0.05, 0.1) is 13.3 Å². The van der Waals surface area contributed by atoms with E-state index in [-0.39, 0.29) is 18.1 Å². The smallest absolute Gasteiger partial charge is 0.387 e. The third kappa shape index (κ3) is 5.04. The molecule has 1 heterocycles. The van der Waals surface area contributed by atoms with Crippen molar-refractivity contribution in [2.45, 2.75) is 13.2 Å². The molecule has 0 atom stereocenters. The Morgan fingerprint density at radius 2 is 1.96 bits per heavy atom. The average molecular weight is 374 g/mol. The summed E-state index contributed by atoms with van der Waals surface area (Å²) in [5.74, 6) is 0.613. The number of aromatic nitrogens is 1. The predicted octanol–water partition coefficient (Wildman–Crippen LogP) is 4.50. The maximum atomic E-state index is 12.3. The first-order chi connectivity index (χ1) is 13.2. The summed E-state index contributed by atoms with van der Waals surface area (Å²) < 4.78 is 39.4. The molecule has 2 aromatic carbocycles. The zero-order valence-corrected chi connectivity index (χ0v) is 14.3. The Kier molecular flexibility index (Phi) is 5.98. The van der Waals surface area contributed by atoms with Crippen molar-refractivity contribution >= 4 is 6.21 Å². The Morgan fingerprint density at radius 1 is 1.15 bits per heavy atom. The number of oxazole rings is 1. The number of oxime groups is 1. The molecule has 8 heteroatoms. The highest BCUT2D eigenvalue weighted by molar-refractivity contribution is 5.80. The average Bonchev–Trinajstić information content (AvgIpc) is 3.15. The quantitative estimate of drug-likeness (QED) is 0.429. The van der Waals surface area contributed by atoms with Gasteiger partial charge in [0.2, 0.25) is 5.89 Å². The Labute approximate surface area is 154 Å². The van der Waals surface area contributed by atoms with E-state index in [9.17, 15) is 8.78 Å². The van der Waals surface area contributed by atoms with Crippen LogP contribution in [0.3, 0.4) is 0 Å². The van der Waals surface area contributed by atoms with Crippen molar-refractivity contribution in [1.29, 1.82) is 0 Å². The van der Waals surface area contributed by atoms with Crippen molar-refractivity contribution in [2.24, 2.45) is 5.16 Å². The Hall–Kier alpha value is -3.42. The topological polar surface area (TPSA) is 66.1 Å². The summed E-state index contributed by atoms with van der Waals surface area (Å²) in [5, 5.41) is 3.83. The molecule has 27 heavy (non-hydrogen) atoms. The van der Waals surface area contributed by atoms with Gasteiger partial charge in [0.25, 0.3) is 0 Å². The maximum Gasteiger partial charge on any atom is 0.387 e. The normalized spacial score (nSPS) is 11.1. The van der Waals surface area contributed by atoms with E-state index < -0.39 is 6.61 Å². The zero-order chi connectivity index (χ0) is 19.1. The van der Waals surface area contributed by atoms with Crippen LogP contribution in [0, 0.1) is 0 Å². The summed E-state index contributed by atoms with van der Waals surface area (Å²) >= 11 is 0. The highest BCUT2D eigenvalue weighted by atomic mass is 19.3. The van der Waals surface area contributed by atoms with Crippen LogP contribution in [0.4, 0.5) is 8.78 Å². The number of nitrogens with zero attached hydrogens (tertiary/aromatic N) is 2. The fourth-order valence-electron chi connectivity index (χ4n) is 2.25. The van der Waals surface area contributed by atoms with Crippen molar-refractivity contribution in [2.75, 3.05) is 7.11 Å². The summed E-state index contributed by atoms with van der Waals surface area (Å²) in [5.41, 5.74) is 2.05. The first-order valence-electron chi connectivity index (χ1n) is 7.93. The van der Waals surface area contributed by atoms with E-state index in [2.05, 4.69) is 14.9 Å². The van der Waals surface area contributed by atoms with E-state index in [1.807, 2.05) is 30.3 Å².